The highest BCUT2D eigenvalue weighted by Gasteiger charge is 2.13. The van der Waals surface area contributed by atoms with Crippen molar-refractivity contribution in [1.29, 1.82) is 0 Å². The van der Waals surface area contributed by atoms with Gasteiger partial charge in [0.1, 0.15) is 12.4 Å². The molecule has 30 heavy (non-hydrogen) atoms. The van der Waals surface area contributed by atoms with Gasteiger partial charge in [0, 0.05) is 34.4 Å². The van der Waals surface area contributed by atoms with Gasteiger partial charge in [-0.25, -0.2) is 4.98 Å². The number of non-ortho nitro benzene ring substituents is 1. The summed E-state index contributed by atoms with van der Waals surface area (Å²) in [6, 6.07) is 14.1. The van der Waals surface area contributed by atoms with Crippen LogP contribution in [0.4, 0.5) is 17.2 Å². The van der Waals surface area contributed by atoms with Gasteiger partial charge in [-0.15, -0.1) is 0 Å². The molecule has 0 aliphatic rings. The van der Waals surface area contributed by atoms with E-state index < -0.39 is 9.85 Å². The Balaban J connectivity index is 1.73. The third kappa shape index (κ3) is 5.35. The Bertz CT molecular complexity index is 1100. The van der Waals surface area contributed by atoms with Crippen LogP contribution in [-0.2, 0) is 6.61 Å². The van der Waals surface area contributed by atoms with Crippen molar-refractivity contribution in [2.75, 3.05) is 5.43 Å². The lowest BCUT2D eigenvalue weighted by Gasteiger charge is -2.10. The highest BCUT2D eigenvalue weighted by Crippen LogP contribution is 2.24. The van der Waals surface area contributed by atoms with Crippen LogP contribution in [0.25, 0.3) is 0 Å². The van der Waals surface area contributed by atoms with Crippen molar-refractivity contribution in [2.45, 2.75) is 6.61 Å². The Hall–Kier alpha value is -3.86. The van der Waals surface area contributed by atoms with Crippen molar-refractivity contribution in [3.05, 3.63) is 96.6 Å². The van der Waals surface area contributed by atoms with Gasteiger partial charge in [0.15, 0.2) is 0 Å². The van der Waals surface area contributed by atoms with Crippen LogP contribution < -0.4 is 10.2 Å². The highest BCUT2D eigenvalue weighted by atomic mass is 79.9. The highest BCUT2D eigenvalue weighted by molar-refractivity contribution is 9.10. The number of nitrogens with zero attached hydrogens (tertiary/aromatic N) is 4. The predicted molar refractivity (Wildman–Crippen MR) is 114 cm³/mol. The SMILES string of the molecule is O=[N+]([O-])c1ccc(COc2ccc(Br)cc2/C=N\Nc2ncccc2[N+](=O)[O-])cc1. The summed E-state index contributed by atoms with van der Waals surface area (Å²) in [5, 5.41) is 25.8. The van der Waals surface area contributed by atoms with Gasteiger partial charge in [0.2, 0.25) is 5.82 Å². The number of anilines is 1. The molecule has 0 aliphatic heterocycles. The van der Waals surface area contributed by atoms with Gasteiger partial charge in [0.05, 0.1) is 16.1 Å². The van der Waals surface area contributed by atoms with E-state index in [1.807, 2.05) is 0 Å². The van der Waals surface area contributed by atoms with E-state index in [1.54, 1.807) is 30.3 Å². The number of aromatic nitrogens is 1. The third-order valence-electron chi connectivity index (χ3n) is 3.87. The first-order valence-electron chi connectivity index (χ1n) is 8.48. The molecule has 1 aromatic heterocycles. The van der Waals surface area contributed by atoms with E-state index in [4.69, 9.17) is 4.74 Å². The van der Waals surface area contributed by atoms with E-state index >= 15 is 0 Å². The summed E-state index contributed by atoms with van der Waals surface area (Å²) in [7, 11) is 0. The van der Waals surface area contributed by atoms with Crippen molar-refractivity contribution < 1.29 is 14.6 Å². The van der Waals surface area contributed by atoms with Crippen LogP contribution in [0, 0.1) is 20.2 Å². The van der Waals surface area contributed by atoms with Crippen molar-refractivity contribution in [1.82, 2.24) is 4.98 Å². The molecule has 0 atom stereocenters. The minimum Gasteiger partial charge on any atom is -0.488 e. The van der Waals surface area contributed by atoms with E-state index in [0.717, 1.165) is 10.0 Å². The van der Waals surface area contributed by atoms with Gasteiger partial charge in [-0.2, -0.15) is 5.10 Å². The summed E-state index contributed by atoms with van der Waals surface area (Å²) in [4.78, 5) is 24.7. The van der Waals surface area contributed by atoms with Crippen LogP contribution >= 0.6 is 15.9 Å². The molecule has 0 radical (unpaired) electrons. The summed E-state index contributed by atoms with van der Waals surface area (Å²) in [5.74, 6) is 0.528. The zero-order chi connectivity index (χ0) is 21.5. The number of hydrazone groups is 1. The van der Waals surface area contributed by atoms with Crippen LogP contribution in [0.15, 0.2) is 70.4 Å². The molecule has 3 aromatic rings. The smallest absolute Gasteiger partial charge is 0.313 e. The lowest BCUT2D eigenvalue weighted by atomic mass is 10.2. The Morgan fingerprint density at radius 2 is 1.87 bits per heavy atom. The Kier molecular flexibility index (Phi) is 6.65. The van der Waals surface area contributed by atoms with Gasteiger partial charge < -0.3 is 4.74 Å². The zero-order valence-corrected chi connectivity index (χ0v) is 16.9. The molecule has 0 amide bonds. The van der Waals surface area contributed by atoms with E-state index in [2.05, 4.69) is 31.4 Å². The molecule has 1 N–H and O–H groups in total. The maximum atomic E-state index is 11.0. The summed E-state index contributed by atoms with van der Waals surface area (Å²) in [6.07, 6.45) is 2.87. The van der Waals surface area contributed by atoms with Gasteiger partial charge in [-0.3, -0.25) is 25.7 Å². The normalized spacial score (nSPS) is 10.7. The molecule has 0 fully saturated rings. The maximum absolute atomic E-state index is 11.0. The number of hydrogen-bond acceptors (Lipinski definition) is 8. The molecular weight excluding hydrogens is 458 g/mol. The van der Waals surface area contributed by atoms with Gasteiger partial charge in [-0.05, 0) is 42.0 Å². The minimum atomic E-state index is -0.553. The standard InChI is InChI=1S/C19H14BrN5O5/c20-15-5-8-18(30-12-13-3-6-16(7-4-13)24(26)27)14(10-15)11-22-23-19-17(25(28)29)2-1-9-21-19/h1-11H,12H2,(H,21,23)/b22-11-. The van der Waals surface area contributed by atoms with E-state index in [-0.39, 0.29) is 23.8 Å². The molecule has 2 aromatic carbocycles. The second-order valence-corrected chi connectivity index (χ2v) is 6.81. The average Bonchev–Trinajstić information content (AvgIpc) is 2.73. The summed E-state index contributed by atoms with van der Waals surface area (Å²) in [5.41, 5.74) is 3.74. The zero-order valence-electron chi connectivity index (χ0n) is 15.3. The van der Waals surface area contributed by atoms with Crippen molar-refractivity contribution in [3.63, 3.8) is 0 Å². The van der Waals surface area contributed by atoms with Crippen LogP contribution in [0.3, 0.4) is 0 Å². The van der Waals surface area contributed by atoms with E-state index in [9.17, 15) is 20.2 Å². The van der Waals surface area contributed by atoms with Crippen molar-refractivity contribution >= 4 is 39.3 Å². The molecule has 10 nitrogen and oxygen atoms in total. The Morgan fingerprint density at radius 3 is 2.57 bits per heavy atom. The first kappa shape index (κ1) is 20.9. The van der Waals surface area contributed by atoms with Crippen LogP contribution in [0.1, 0.15) is 11.1 Å². The second-order valence-electron chi connectivity index (χ2n) is 5.89. The number of benzene rings is 2. The molecule has 0 bridgehead atoms. The van der Waals surface area contributed by atoms with Crippen LogP contribution in [0.5, 0.6) is 5.75 Å². The molecule has 0 spiro atoms. The minimum absolute atomic E-state index is 0.00454. The summed E-state index contributed by atoms with van der Waals surface area (Å²) < 4.78 is 6.60. The average molecular weight is 472 g/mol. The third-order valence-corrected chi connectivity index (χ3v) is 4.36. The number of nitrogens with one attached hydrogen (secondary N) is 1. The molecule has 0 aliphatic carbocycles. The van der Waals surface area contributed by atoms with Crippen molar-refractivity contribution in [2.24, 2.45) is 5.10 Å². The van der Waals surface area contributed by atoms with Gasteiger partial charge in [-0.1, -0.05) is 15.9 Å². The fourth-order valence-electron chi connectivity index (χ4n) is 2.42. The lowest BCUT2D eigenvalue weighted by molar-refractivity contribution is -0.384. The molecule has 152 valence electrons. The second kappa shape index (κ2) is 9.56. The number of nitro benzene ring substituents is 1. The number of pyridine rings is 1. The first-order chi connectivity index (χ1) is 14.4. The fourth-order valence-corrected chi connectivity index (χ4v) is 2.80. The lowest BCUT2D eigenvalue weighted by Crippen LogP contribution is -2.01. The quantitative estimate of drug-likeness (QED) is 0.286. The fraction of sp³-hybridized carbons (Fsp3) is 0.0526. The molecule has 0 unspecified atom stereocenters. The summed E-state index contributed by atoms with van der Waals surface area (Å²) in [6.45, 7) is 0.194. The van der Waals surface area contributed by atoms with Crippen LogP contribution in [0.2, 0.25) is 0 Å². The molecule has 0 saturated carbocycles. The number of halogens is 1. The Labute approximate surface area is 178 Å². The summed E-state index contributed by atoms with van der Waals surface area (Å²) >= 11 is 3.38. The molecule has 1 heterocycles. The van der Waals surface area contributed by atoms with Crippen LogP contribution in [-0.4, -0.2) is 21.0 Å². The molecule has 3 rings (SSSR count). The predicted octanol–water partition coefficient (Wildman–Crippen LogP) is 4.69. The monoisotopic (exact) mass is 471 g/mol. The number of hydrogen-bond donors (Lipinski definition) is 1. The largest absolute Gasteiger partial charge is 0.488 e. The molecule has 0 saturated heterocycles. The Morgan fingerprint density at radius 1 is 1.10 bits per heavy atom. The maximum Gasteiger partial charge on any atom is 0.313 e. The van der Waals surface area contributed by atoms with E-state index in [0.29, 0.717) is 11.3 Å². The van der Waals surface area contributed by atoms with Crippen molar-refractivity contribution in [3.8, 4) is 5.75 Å². The van der Waals surface area contributed by atoms with Gasteiger partial charge in [0.25, 0.3) is 5.69 Å². The topological polar surface area (TPSA) is 133 Å². The van der Waals surface area contributed by atoms with Gasteiger partial charge >= 0.3 is 5.69 Å². The number of ether oxygens (including phenoxy) is 1. The van der Waals surface area contributed by atoms with E-state index in [1.165, 1.54) is 36.7 Å². The number of rotatable bonds is 8. The molecule has 11 heteroatoms. The number of nitro groups is 2. The first-order valence-corrected chi connectivity index (χ1v) is 9.27. The molecular formula is C19H14BrN5O5.